The van der Waals surface area contributed by atoms with Crippen LogP contribution in [0.2, 0.25) is 0 Å². The molecule has 0 atom stereocenters. The van der Waals surface area contributed by atoms with Crippen LogP contribution in [-0.4, -0.2) is 13.2 Å². The Balaban J connectivity index is 1.87. The molecule has 2 nitrogen and oxygen atoms in total. The minimum Gasteiger partial charge on any atom is -0.490 e. The number of alkyl halides is 1. The van der Waals surface area contributed by atoms with Gasteiger partial charge in [0, 0.05) is 15.4 Å². The Labute approximate surface area is 136 Å². The average molecular weight is 400 g/mol. The molecule has 0 N–H and O–H groups in total. The Bertz CT molecular complexity index is 570. The van der Waals surface area contributed by atoms with Crippen molar-refractivity contribution in [1.29, 1.82) is 0 Å². The van der Waals surface area contributed by atoms with E-state index in [-0.39, 0.29) is 0 Å². The number of hydrogen-bond acceptors (Lipinski definition) is 2. The quantitative estimate of drug-likeness (QED) is 0.496. The average Bonchev–Trinajstić information content (AvgIpc) is 2.45. The van der Waals surface area contributed by atoms with Crippen LogP contribution in [0, 0.1) is 6.92 Å². The molecule has 20 heavy (non-hydrogen) atoms. The van der Waals surface area contributed by atoms with Gasteiger partial charge in [-0.1, -0.05) is 56.1 Å². The van der Waals surface area contributed by atoms with Crippen molar-refractivity contribution in [2.45, 2.75) is 12.3 Å². The van der Waals surface area contributed by atoms with Gasteiger partial charge in [0.1, 0.15) is 24.7 Å². The first kappa shape index (κ1) is 15.4. The molecule has 0 spiro atoms. The fourth-order valence-corrected chi connectivity index (χ4v) is 2.70. The SMILES string of the molecule is Cc1cccc(CBr)c1OCCOc1cccc(Br)c1. The normalized spacial score (nSPS) is 10.3. The van der Waals surface area contributed by atoms with Gasteiger partial charge in [0.05, 0.1) is 0 Å². The maximum absolute atomic E-state index is 5.84. The Kier molecular flexibility index (Phi) is 5.92. The van der Waals surface area contributed by atoms with Crippen LogP contribution >= 0.6 is 31.9 Å². The van der Waals surface area contributed by atoms with Crippen molar-refractivity contribution in [3.05, 3.63) is 58.1 Å². The highest BCUT2D eigenvalue weighted by Gasteiger charge is 2.05. The topological polar surface area (TPSA) is 18.5 Å². The van der Waals surface area contributed by atoms with E-state index >= 15 is 0 Å². The van der Waals surface area contributed by atoms with Crippen LogP contribution in [-0.2, 0) is 5.33 Å². The third kappa shape index (κ3) is 4.25. The maximum Gasteiger partial charge on any atom is 0.126 e. The molecule has 0 saturated carbocycles. The van der Waals surface area contributed by atoms with E-state index < -0.39 is 0 Å². The maximum atomic E-state index is 5.84. The number of para-hydroxylation sites is 1. The summed E-state index contributed by atoms with van der Waals surface area (Å²) in [6.07, 6.45) is 0. The summed E-state index contributed by atoms with van der Waals surface area (Å²) in [7, 11) is 0. The molecule has 0 aromatic heterocycles. The molecule has 2 aromatic rings. The molecule has 0 aliphatic heterocycles. The molecular weight excluding hydrogens is 384 g/mol. The molecule has 0 fully saturated rings. The lowest BCUT2D eigenvalue weighted by molar-refractivity contribution is 0.215. The van der Waals surface area contributed by atoms with E-state index in [2.05, 4.69) is 50.9 Å². The summed E-state index contributed by atoms with van der Waals surface area (Å²) in [4.78, 5) is 0. The Morgan fingerprint density at radius 1 is 1.00 bits per heavy atom. The smallest absolute Gasteiger partial charge is 0.126 e. The Morgan fingerprint density at radius 2 is 1.75 bits per heavy atom. The van der Waals surface area contributed by atoms with Gasteiger partial charge in [-0.05, 0) is 30.7 Å². The van der Waals surface area contributed by atoms with Crippen molar-refractivity contribution in [2.75, 3.05) is 13.2 Å². The van der Waals surface area contributed by atoms with Crippen molar-refractivity contribution in [3.8, 4) is 11.5 Å². The first-order chi connectivity index (χ1) is 9.70. The summed E-state index contributed by atoms with van der Waals surface area (Å²) >= 11 is 6.90. The van der Waals surface area contributed by atoms with Crippen LogP contribution in [0.5, 0.6) is 11.5 Å². The van der Waals surface area contributed by atoms with Crippen LogP contribution in [0.4, 0.5) is 0 Å². The third-order valence-corrected chi connectivity index (χ3v) is 3.93. The number of benzene rings is 2. The van der Waals surface area contributed by atoms with E-state index in [1.54, 1.807) is 0 Å². The van der Waals surface area contributed by atoms with Gasteiger partial charge >= 0.3 is 0 Å². The summed E-state index contributed by atoms with van der Waals surface area (Å²) < 4.78 is 12.5. The van der Waals surface area contributed by atoms with Gasteiger partial charge in [0.15, 0.2) is 0 Å². The molecule has 0 aliphatic carbocycles. The van der Waals surface area contributed by atoms with E-state index in [0.29, 0.717) is 13.2 Å². The van der Waals surface area contributed by atoms with Gasteiger partial charge in [0.25, 0.3) is 0 Å². The minimum atomic E-state index is 0.520. The largest absolute Gasteiger partial charge is 0.490 e. The Morgan fingerprint density at radius 3 is 2.50 bits per heavy atom. The molecule has 2 rings (SSSR count). The van der Waals surface area contributed by atoms with E-state index in [1.165, 1.54) is 0 Å². The predicted octanol–water partition coefficient (Wildman–Crippen LogP) is 5.11. The van der Waals surface area contributed by atoms with Crippen LogP contribution < -0.4 is 9.47 Å². The van der Waals surface area contributed by atoms with Gasteiger partial charge in [0.2, 0.25) is 0 Å². The second kappa shape index (κ2) is 7.70. The van der Waals surface area contributed by atoms with E-state index in [4.69, 9.17) is 9.47 Å². The first-order valence-corrected chi connectivity index (χ1v) is 8.28. The number of aryl methyl sites for hydroxylation is 1. The highest BCUT2D eigenvalue weighted by Crippen LogP contribution is 2.25. The van der Waals surface area contributed by atoms with Crippen molar-refractivity contribution >= 4 is 31.9 Å². The number of ether oxygens (including phenoxy) is 2. The molecule has 0 unspecified atom stereocenters. The summed E-state index contributed by atoms with van der Waals surface area (Å²) in [5, 5.41) is 0.788. The summed E-state index contributed by atoms with van der Waals surface area (Å²) in [5.74, 6) is 1.79. The van der Waals surface area contributed by atoms with Crippen LogP contribution in [0.25, 0.3) is 0 Å². The first-order valence-electron chi connectivity index (χ1n) is 6.36. The molecule has 0 amide bonds. The summed E-state index contributed by atoms with van der Waals surface area (Å²) in [6, 6.07) is 13.9. The highest BCUT2D eigenvalue weighted by atomic mass is 79.9. The van der Waals surface area contributed by atoms with Crippen LogP contribution in [0.1, 0.15) is 11.1 Å². The Hall–Kier alpha value is -1.000. The molecular formula is C16H16Br2O2. The van der Waals surface area contributed by atoms with Crippen LogP contribution in [0.15, 0.2) is 46.9 Å². The van der Waals surface area contributed by atoms with Gasteiger partial charge in [-0.2, -0.15) is 0 Å². The van der Waals surface area contributed by atoms with Crippen molar-refractivity contribution in [1.82, 2.24) is 0 Å². The second-order valence-electron chi connectivity index (χ2n) is 4.35. The summed E-state index contributed by atoms with van der Waals surface area (Å²) in [5.41, 5.74) is 2.30. The van der Waals surface area contributed by atoms with Gasteiger partial charge in [-0.3, -0.25) is 0 Å². The van der Waals surface area contributed by atoms with E-state index in [0.717, 1.165) is 32.4 Å². The van der Waals surface area contributed by atoms with E-state index in [9.17, 15) is 0 Å². The zero-order valence-corrected chi connectivity index (χ0v) is 14.4. The second-order valence-corrected chi connectivity index (χ2v) is 5.83. The lowest BCUT2D eigenvalue weighted by Crippen LogP contribution is -2.10. The highest BCUT2D eigenvalue weighted by molar-refractivity contribution is 9.10. The molecule has 0 saturated heterocycles. The predicted molar refractivity (Wildman–Crippen MR) is 88.9 cm³/mol. The lowest BCUT2D eigenvalue weighted by Gasteiger charge is -2.13. The molecule has 0 radical (unpaired) electrons. The minimum absolute atomic E-state index is 0.520. The zero-order chi connectivity index (χ0) is 14.4. The van der Waals surface area contributed by atoms with Crippen molar-refractivity contribution < 1.29 is 9.47 Å². The molecule has 0 heterocycles. The van der Waals surface area contributed by atoms with Crippen molar-refractivity contribution in [2.24, 2.45) is 0 Å². The standard InChI is InChI=1S/C16H16Br2O2/c1-12-4-2-5-13(11-17)16(12)20-9-8-19-15-7-3-6-14(18)10-15/h2-7,10H,8-9,11H2,1H3. The van der Waals surface area contributed by atoms with Crippen LogP contribution in [0.3, 0.4) is 0 Å². The molecule has 2 aromatic carbocycles. The fraction of sp³-hybridized carbons (Fsp3) is 0.250. The molecule has 0 bridgehead atoms. The zero-order valence-electron chi connectivity index (χ0n) is 11.2. The van der Waals surface area contributed by atoms with Crippen molar-refractivity contribution in [3.63, 3.8) is 0 Å². The molecule has 4 heteroatoms. The number of halogens is 2. The van der Waals surface area contributed by atoms with Gasteiger partial charge < -0.3 is 9.47 Å². The van der Waals surface area contributed by atoms with Gasteiger partial charge in [-0.25, -0.2) is 0 Å². The monoisotopic (exact) mass is 398 g/mol. The number of rotatable bonds is 6. The van der Waals surface area contributed by atoms with E-state index in [1.807, 2.05) is 30.3 Å². The third-order valence-electron chi connectivity index (χ3n) is 2.83. The fourth-order valence-electron chi connectivity index (χ4n) is 1.89. The molecule has 106 valence electrons. The van der Waals surface area contributed by atoms with Gasteiger partial charge in [-0.15, -0.1) is 0 Å². The molecule has 0 aliphatic rings. The lowest BCUT2D eigenvalue weighted by atomic mass is 10.1. The summed E-state index contributed by atoms with van der Waals surface area (Å²) in [6.45, 7) is 3.10. The number of hydrogen-bond donors (Lipinski definition) is 0.